The lowest BCUT2D eigenvalue weighted by molar-refractivity contribution is 0.253. The van der Waals surface area contributed by atoms with Gasteiger partial charge in [-0.1, -0.05) is 0 Å². The molecular formula is C4H9N5. The zero-order chi connectivity index (χ0) is 12.3. The van der Waals surface area contributed by atoms with Gasteiger partial charge in [0.2, 0.25) is 0 Å². The molecule has 1 saturated heterocycles. The van der Waals surface area contributed by atoms with Crippen molar-refractivity contribution in [2.45, 2.75) is 6.27 Å². The van der Waals surface area contributed by atoms with E-state index in [1.54, 1.807) is 0 Å². The number of rotatable bonds is 0. The van der Waals surface area contributed by atoms with Crippen LogP contribution >= 0.6 is 0 Å². The number of nitrogens with one attached hydrogen (secondary N) is 3. The van der Waals surface area contributed by atoms with Gasteiger partial charge in [0.15, 0.2) is 6.27 Å². The van der Waals surface area contributed by atoms with Crippen LogP contribution in [0.5, 0.6) is 0 Å². The number of hydrogen-bond donors (Lipinski definition) is 3. The van der Waals surface area contributed by atoms with Crippen molar-refractivity contribution in [3.05, 3.63) is 0 Å². The van der Waals surface area contributed by atoms with Crippen molar-refractivity contribution >= 4 is 6.34 Å². The van der Waals surface area contributed by atoms with Gasteiger partial charge in [-0.15, -0.1) is 0 Å². The third-order valence-electron chi connectivity index (χ3n) is 0.923. The molecule has 2 heterocycles. The van der Waals surface area contributed by atoms with Crippen molar-refractivity contribution in [3.63, 3.8) is 0 Å². The lowest BCUT2D eigenvalue weighted by Gasteiger charge is -2.24. The highest BCUT2D eigenvalue weighted by molar-refractivity contribution is 5.55. The van der Waals surface area contributed by atoms with Gasteiger partial charge in [-0.05, 0) is 0 Å². The van der Waals surface area contributed by atoms with E-state index >= 15 is 0 Å². The molecule has 2 aliphatic rings. The van der Waals surface area contributed by atoms with E-state index in [1.165, 1.54) is 0 Å². The van der Waals surface area contributed by atoms with Gasteiger partial charge in [-0.2, -0.15) is 0 Å². The molecule has 5 heteroatoms. The maximum absolute atomic E-state index is 7.86. The molecule has 5 nitrogen and oxygen atoms in total. The Hall–Kier alpha value is -0.650. The fraction of sp³-hybridized carbons (Fsp3) is 0.750. The van der Waals surface area contributed by atoms with Crippen molar-refractivity contribution in [1.29, 1.82) is 0 Å². The minimum absolute atomic E-state index is 0.132. The molecule has 0 aromatic heterocycles. The van der Waals surface area contributed by atoms with Crippen LogP contribution in [0.2, 0.25) is 4.24 Å². The van der Waals surface area contributed by atoms with Crippen LogP contribution in [0, 0.1) is 0 Å². The van der Waals surface area contributed by atoms with Gasteiger partial charge in [0, 0.05) is 0 Å². The SMILES string of the molecule is [2H]C1N=CN2N([2H])C([2H])([2H])N([2H])C2([2H])N1[2H]. The molecule has 2 aliphatic heterocycles. The molecule has 0 aromatic rings. The number of hydrazine groups is 1. The summed E-state index contributed by atoms with van der Waals surface area (Å²) >= 11 is 0. The van der Waals surface area contributed by atoms with Crippen LogP contribution in [-0.4, -0.2) is 30.9 Å². The van der Waals surface area contributed by atoms with Gasteiger partial charge in [-0.25, -0.2) is 5.42 Å². The molecule has 3 N–H and O–H groups in total. The summed E-state index contributed by atoms with van der Waals surface area (Å²) in [6.07, 6.45) is -1.39. The lowest BCUT2D eigenvalue weighted by atomic mass is 10.7. The van der Waals surface area contributed by atoms with Crippen LogP contribution in [-0.2, 0) is 0 Å². The molecule has 0 bridgehead atoms. The predicted molar refractivity (Wildman–Crippen MR) is 33.3 cm³/mol. The average molecular weight is 134 g/mol. The quantitative estimate of drug-likeness (QED) is 0.367. The van der Waals surface area contributed by atoms with Gasteiger partial charge in [-0.3, -0.25) is 20.6 Å². The molecule has 0 radical (unpaired) electrons. The molecule has 2 rings (SSSR count). The highest BCUT2D eigenvalue weighted by Crippen LogP contribution is 1.94. The van der Waals surface area contributed by atoms with E-state index in [0.717, 1.165) is 6.34 Å². The predicted octanol–water partition coefficient (Wildman–Crippen LogP) is -1.77. The molecule has 2 atom stereocenters. The Morgan fingerprint density at radius 1 is 2.00 bits per heavy atom. The van der Waals surface area contributed by atoms with Crippen LogP contribution in [0.3, 0.4) is 0 Å². The molecular weight excluding hydrogens is 118 g/mol. The molecule has 0 saturated carbocycles. The highest BCUT2D eigenvalue weighted by atomic mass is 15.7. The van der Waals surface area contributed by atoms with E-state index in [9.17, 15) is 0 Å². The Bertz CT molecular complexity index is 337. The number of hydrogen-bond acceptors (Lipinski definition) is 5. The normalized spacial score (nSPS) is 72.7. The Kier molecular flexibility index (Phi) is 0.364. The zero-order valence-corrected chi connectivity index (χ0v) is 4.39. The first kappa shape index (κ1) is 1.69. The lowest BCUT2D eigenvalue weighted by Crippen LogP contribution is -2.51. The van der Waals surface area contributed by atoms with Gasteiger partial charge in [0.1, 0.15) is 10.6 Å². The minimum Gasteiger partial charge on any atom is -0.269 e. The van der Waals surface area contributed by atoms with Crippen LogP contribution < -0.4 is 16.0 Å². The Morgan fingerprint density at radius 2 is 3.00 bits per heavy atom. The first-order valence-corrected chi connectivity index (χ1v) is 2.35. The fourth-order valence-electron chi connectivity index (χ4n) is 0.555. The van der Waals surface area contributed by atoms with Crippen molar-refractivity contribution in [2.24, 2.45) is 4.99 Å². The van der Waals surface area contributed by atoms with E-state index in [-0.39, 0.29) is 10.7 Å². The number of aliphatic imine (C=N–C) groups is 1. The van der Waals surface area contributed by atoms with Gasteiger partial charge < -0.3 is 0 Å². The largest absolute Gasteiger partial charge is 0.269 e. The molecule has 0 spiro atoms. The average Bonchev–Trinajstić information content (AvgIpc) is 2.35. The van der Waals surface area contributed by atoms with E-state index in [0.29, 0.717) is 10.3 Å². The summed E-state index contributed by atoms with van der Waals surface area (Å²) in [5, 5.41) is 1.12. The molecule has 0 aliphatic carbocycles. The Morgan fingerprint density at radius 3 is 4.00 bits per heavy atom. The monoisotopic (exact) mass is 134 g/mol. The van der Waals surface area contributed by atoms with Crippen LogP contribution in [0.4, 0.5) is 0 Å². The first-order chi connectivity index (χ1) is 7.24. The maximum Gasteiger partial charge on any atom is 0.152 e. The third kappa shape index (κ3) is 0.787. The molecule has 50 valence electrons. The highest BCUT2D eigenvalue weighted by Gasteiger charge is 2.21. The Labute approximate surface area is 63.1 Å². The summed E-state index contributed by atoms with van der Waals surface area (Å²) in [5.74, 6) is 0. The standard InChI is InChI=1S/C4H9N5/c1-5-3-9-4(6-1)7-2-8-9/h3-4,6-8H,1-2H2/i1D,2D2,4D/hD3. The minimum atomic E-state index is -2.57. The van der Waals surface area contributed by atoms with Gasteiger partial charge in [0.05, 0.1) is 18.7 Å². The second-order valence-corrected chi connectivity index (χ2v) is 1.47. The summed E-state index contributed by atoms with van der Waals surface area (Å²) < 4.78 is 52.4. The molecule has 1 fully saturated rings. The number of fused-ring (bicyclic) bond motifs is 1. The summed E-state index contributed by atoms with van der Waals surface area (Å²) in [6.45, 7) is -4.00. The molecule has 0 amide bonds. The van der Waals surface area contributed by atoms with E-state index < -0.39 is 19.5 Å². The summed E-state index contributed by atoms with van der Waals surface area (Å²) in [7, 11) is 0. The van der Waals surface area contributed by atoms with Crippen molar-refractivity contribution < 1.29 is 9.72 Å². The number of nitrogens with zero attached hydrogens (tertiary/aromatic N) is 2. The summed E-state index contributed by atoms with van der Waals surface area (Å²) in [4.78, 5) is 3.50. The first-order valence-electron chi connectivity index (χ1n) is 5.77. The summed E-state index contributed by atoms with van der Waals surface area (Å²) in [6, 6.07) is 0. The fourth-order valence-corrected chi connectivity index (χ4v) is 0.555. The van der Waals surface area contributed by atoms with E-state index in [1.807, 2.05) is 0 Å². The second kappa shape index (κ2) is 1.94. The smallest absolute Gasteiger partial charge is 0.152 e. The second-order valence-electron chi connectivity index (χ2n) is 1.47. The molecule has 2 unspecified atom stereocenters. The molecule has 0 aromatic carbocycles. The van der Waals surface area contributed by atoms with Crippen molar-refractivity contribution in [3.8, 4) is 0 Å². The summed E-state index contributed by atoms with van der Waals surface area (Å²) in [5.41, 5.74) is 0.240. The van der Waals surface area contributed by atoms with Crippen molar-refractivity contribution in [2.75, 3.05) is 13.3 Å². The van der Waals surface area contributed by atoms with E-state index in [2.05, 4.69) is 4.99 Å². The van der Waals surface area contributed by atoms with Crippen LogP contribution in [0.15, 0.2) is 4.99 Å². The Balaban J connectivity index is 2.50. The van der Waals surface area contributed by atoms with Gasteiger partial charge >= 0.3 is 0 Å². The molecule has 9 heavy (non-hydrogen) atoms. The third-order valence-corrected chi connectivity index (χ3v) is 0.923. The van der Waals surface area contributed by atoms with Crippen LogP contribution in [0.1, 0.15) is 5.48 Å². The van der Waals surface area contributed by atoms with Gasteiger partial charge in [0.25, 0.3) is 0 Å². The topological polar surface area (TPSA) is 51.7 Å². The maximum atomic E-state index is 7.86. The van der Waals surface area contributed by atoms with Crippen LogP contribution in [0.25, 0.3) is 0 Å². The zero-order valence-electron chi connectivity index (χ0n) is 11.4. The van der Waals surface area contributed by atoms with E-state index in [4.69, 9.17) is 9.72 Å². The van der Waals surface area contributed by atoms with Crippen molar-refractivity contribution in [1.82, 2.24) is 21.0 Å².